The van der Waals surface area contributed by atoms with Crippen molar-refractivity contribution in [3.8, 4) is 0 Å². The Morgan fingerprint density at radius 2 is 1.08 bits per heavy atom. The lowest BCUT2D eigenvalue weighted by Gasteiger charge is -2.51. The Kier molecular flexibility index (Phi) is 19.1. The predicted octanol–water partition coefficient (Wildman–Crippen LogP) is 9.77. The van der Waals surface area contributed by atoms with Gasteiger partial charge < -0.3 is 33.2 Å². The normalized spacial score (nSPS) is 26.0. The molecule has 0 radical (unpaired) electrons. The fourth-order valence-electron chi connectivity index (χ4n) is 8.92. The number of carbonyl (C=O) groups is 1. The first-order valence-corrected chi connectivity index (χ1v) is 19.9. The molecule has 3 rings (SSSR count). The summed E-state index contributed by atoms with van der Waals surface area (Å²) in [5.41, 5.74) is 1.27. The van der Waals surface area contributed by atoms with E-state index in [-0.39, 0.29) is 58.7 Å². The van der Waals surface area contributed by atoms with Gasteiger partial charge in [-0.25, -0.2) is 4.79 Å². The number of benzene rings is 1. The zero-order chi connectivity index (χ0) is 38.3. The fourth-order valence-corrected chi connectivity index (χ4v) is 8.92. The first kappa shape index (κ1) is 45.6. The smallest absolute Gasteiger partial charge is 0.337 e. The zero-order valence-electron chi connectivity index (χ0n) is 34.8. The molecular formula is C43H76O8. The van der Waals surface area contributed by atoms with Gasteiger partial charge in [0.05, 0.1) is 44.2 Å². The van der Waals surface area contributed by atoms with E-state index in [1.54, 1.807) is 0 Å². The molecule has 0 aliphatic heterocycles. The Labute approximate surface area is 312 Å². The van der Waals surface area contributed by atoms with E-state index in [1.807, 2.05) is 26.8 Å². The Morgan fingerprint density at radius 1 is 0.627 bits per heavy atom. The molecule has 0 heterocycles. The minimum Gasteiger partial charge on any atom is -0.464 e. The second-order valence-electron chi connectivity index (χ2n) is 17.2. The van der Waals surface area contributed by atoms with Crippen molar-refractivity contribution in [2.24, 2.45) is 21.7 Å². The molecule has 2 atom stereocenters. The van der Waals surface area contributed by atoms with Crippen LogP contribution in [-0.2, 0) is 38.0 Å². The average molecular weight is 721 g/mol. The number of carbonyl (C=O) groups excluding carboxylic acids is 1. The van der Waals surface area contributed by atoms with Gasteiger partial charge in [0.2, 0.25) is 0 Å². The molecule has 8 nitrogen and oxygen atoms in total. The van der Waals surface area contributed by atoms with Gasteiger partial charge in [0.1, 0.15) is 6.10 Å². The molecule has 0 amide bonds. The van der Waals surface area contributed by atoms with E-state index >= 15 is 0 Å². The molecule has 2 unspecified atom stereocenters. The third kappa shape index (κ3) is 14.3. The Hall–Kier alpha value is -1.55. The van der Waals surface area contributed by atoms with Crippen LogP contribution in [0.1, 0.15) is 140 Å². The van der Waals surface area contributed by atoms with Crippen molar-refractivity contribution in [2.75, 3.05) is 46.2 Å². The Bertz CT molecular complexity index is 1060. The van der Waals surface area contributed by atoms with Crippen LogP contribution < -0.4 is 0 Å². The van der Waals surface area contributed by atoms with Gasteiger partial charge in [-0.3, -0.25) is 0 Å². The summed E-state index contributed by atoms with van der Waals surface area (Å²) in [4.78, 5) is 12.3. The lowest BCUT2D eigenvalue weighted by molar-refractivity contribution is -0.186. The third-order valence-corrected chi connectivity index (χ3v) is 10.4. The highest BCUT2D eigenvalue weighted by molar-refractivity contribution is 5.74. The maximum absolute atomic E-state index is 12.3. The van der Waals surface area contributed by atoms with Crippen LogP contribution in [0.5, 0.6) is 0 Å². The number of unbranched alkanes of at least 4 members (excludes halogenated alkanes) is 1. The molecule has 0 N–H and O–H groups in total. The second-order valence-corrected chi connectivity index (χ2v) is 17.2. The van der Waals surface area contributed by atoms with Crippen LogP contribution in [0.4, 0.5) is 0 Å². The predicted molar refractivity (Wildman–Crippen MR) is 206 cm³/mol. The Morgan fingerprint density at radius 3 is 1.49 bits per heavy atom. The average Bonchev–Trinajstić information content (AvgIpc) is 3.02. The van der Waals surface area contributed by atoms with E-state index in [0.717, 1.165) is 51.7 Å². The van der Waals surface area contributed by atoms with Gasteiger partial charge in [0.25, 0.3) is 0 Å². The molecule has 2 fully saturated rings. The van der Waals surface area contributed by atoms with Gasteiger partial charge >= 0.3 is 5.97 Å². The number of esters is 1. The van der Waals surface area contributed by atoms with Crippen LogP contribution in [-0.4, -0.2) is 82.7 Å². The zero-order valence-corrected chi connectivity index (χ0v) is 34.8. The first-order chi connectivity index (χ1) is 24.0. The quantitative estimate of drug-likeness (QED) is 0.103. The number of hydrogen-bond donors (Lipinski definition) is 0. The summed E-state index contributed by atoms with van der Waals surface area (Å²) in [6, 6.07) is 10.4. The number of hydrogen-bond acceptors (Lipinski definition) is 8. The van der Waals surface area contributed by atoms with Crippen LogP contribution in [0.3, 0.4) is 0 Å². The van der Waals surface area contributed by atoms with Crippen LogP contribution >= 0.6 is 0 Å². The van der Waals surface area contributed by atoms with E-state index < -0.39 is 6.10 Å². The SMILES string of the molecule is CCCCOC(=O)C(COC1C(C)(C)CC(OCC)CC1(C)C)OCC.CCOC1CC(C)(C)C(OCC(OCC)c2ccccc2)C(C)(C)C1. The van der Waals surface area contributed by atoms with Crippen LogP contribution in [0.25, 0.3) is 0 Å². The molecule has 1 aromatic rings. The maximum atomic E-state index is 12.3. The number of rotatable bonds is 19. The van der Waals surface area contributed by atoms with E-state index in [4.69, 9.17) is 33.2 Å². The molecule has 0 spiro atoms. The van der Waals surface area contributed by atoms with Gasteiger partial charge in [-0.05, 0) is 87.0 Å². The summed E-state index contributed by atoms with van der Waals surface area (Å²) in [5, 5.41) is 0. The van der Waals surface area contributed by atoms with Crippen molar-refractivity contribution in [3.63, 3.8) is 0 Å². The second kappa shape index (κ2) is 21.4. The lowest BCUT2D eigenvalue weighted by Crippen LogP contribution is -2.53. The van der Waals surface area contributed by atoms with Gasteiger partial charge in [-0.2, -0.15) is 0 Å². The van der Waals surface area contributed by atoms with Crippen molar-refractivity contribution in [1.82, 2.24) is 0 Å². The first-order valence-electron chi connectivity index (χ1n) is 19.9. The van der Waals surface area contributed by atoms with Gasteiger partial charge in [0, 0.05) is 26.4 Å². The van der Waals surface area contributed by atoms with E-state index in [9.17, 15) is 4.79 Å². The number of ether oxygens (including phenoxy) is 7. The highest BCUT2D eigenvalue weighted by Crippen LogP contribution is 2.50. The largest absolute Gasteiger partial charge is 0.464 e. The highest BCUT2D eigenvalue weighted by Gasteiger charge is 2.50. The molecule has 2 aliphatic carbocycles. The molecule has 0 saturated heterocycles. The molecule has 51 heavy (non-hydrogen) atoms. The summed E-state index contributed by atoms with van der Waals surface area (Å²) < 4.78 is 41.6. The van der Waals surface area contributed by atoms with E-state index in [1.165, 1.54) is 5.56 Å². The topological polar surface area (TPSA) is 81.7 Å². The molecule has 296 valence electrons. The summed E-state index contributed by atoms with van der Waals surface area (Å²) in [7, 11) is 0. The van der Waals surface area contributed by atoms with Crippen LogP contribution in [0.15, 0.2) is 30.3 Å². The molecule has 2 aliphatic rings. The standard InChI is InChI=1S/C22H36O3.C21H40O5/c1-7-23-18-14-21(3,4)20(22(5,6)15-18)25-16-19(24-8-2)17-12-10-9-11-13-17;1-8-11-12-25-18(22)17(24-10-3)15-26-19-20(4,5)13-16(23-9-2)14-21(19,6)7/h9-13,18-20H,7-8,14-16H2,1-6H3;16-17,19H,8-15H2,1-7H3. The molecule has 1 aromatic carbocycles. The fraction of sp³-hybridized carbons (Fsp3) is 0.837. The van der Waals surface area contributed by atoms with Crippen molar-refractivity contribution in [3.05, 3.63) is 35.9 Å². The van der Waals surface area contributed by atoms with Crippen LogP contribution in [0, 0.1) is 21.7 Å². The summed E-state index contributed by atoms with van der Waals surface area (Å²) in [5.74, 6) is -0.320. The van der Waals surface area contributed by atoms with Crippen LogP contribution in [0.2, 0.25) is 0 Å². The van der Waals surface area contributed by atoms with Crippen molar-refractivity contribution < 1.29 is 38.0 Å². The van der Waals surface area contributed by atoms with Crippen molar-refractivity contribution in [2.45, 2.75) is 165 Å². The molecule has 0 aromatic heterocycles. The summed E-state index contributed by atoms with van der Waals surface area (Å²) in [6.07, 6.45) is 5.97. The lowest BCUT2D eigenvalue weighted by atomic mass is 9.61. The van der Waals surface area contributed by atoms with Gasteiger partial charge in [-0.1, -0.05) is 99.1 Å². The molecule has 2 saturated carbocycles. The molecular weight excluding hydrogens is 644 g/mol. The highest BCUT2D eigenvalue weighted by atomic mass is 16.6. The summed E-state index contributed by atoms with van der Waals surface area (Å²) in [6.45, 7) is 32.2. The minimum absolute atomic E-state index is 0.0117. The van der Waals surface area contributed by atoms with Crippen molar-refractivity contribution >= 4 is 5.97 Å². The Balaban J connectivity index is 0.000000354. The van der Waals surface area contributed by atoms with E-state index in [0.29, 0.717) is 32.5 Å². The van der Waals surface area contributed by atoms with Gasteiger partial charge in [0.15, 0.2) is 6.10 Å². The monoisotopic (exact) mass is 721 g/mol. The minimum atomic E-state index is -0.659. The van der Waals surface area contributed by atoms with Crippen molar-refractivity contribution in [1.29, 1.82) is 0 Å². The van der Waals surface area contributed by atoms with Gasteiger partial charge in [-0.15, -0.1) is 0 Å². The maximum Gasteiger partial charge on any atom is 0.337 e. The third-order valence-electron chi connectivity index (χ3n) is 10.4. The van der Waals surface area contributed by atoms with E-state index in [2.05, 4.69) is 93.5 Å². The summed E-state index contributed by atoms with van der Waals surface area (Å²) >= 11 is 0. The molecule has 8 heteroatoms. The molecule has 0 bridgehead atoms.